The van der Waals surface area contributed by atoms with Crippen LogP contribution in [0, 0.1) is 0 Å². The molecular weight excluding hydrogens is 286 g/mol. The Balaban J connectivity index is 1.83. The van der Waals surface area contributed by atoms with Gasteiger partial charge in [0, 0.05) is 6.07 Å². The van der Waals surface area contributed by atoms with Crippen molar-refractivity contribution in [3.8, 4) is 5.88 Å². The van der Waals surface area contributed by atoms with Crippen LogP contribution in [0.15, 0.2) is 45.7 Å². The van der Waals surface area contributed by atoms with Crippen LogP contribution in [0.5, 0.6) is 5.88 Å². The maximum Gasteiger partial charge on any atom is 0.232 e. The van der Waals surface area contributed by atoms with Crippen molar-refractivity contribution < 1.29 is 9.15 Å². The van der Waals surface area contributed by atoms with Crippen LogP contribution in [0.4, 0.5) is 0 Å². The lowest BCUT2D eigenvalue weighted by atomic mass is 10.5. The SMILES string of the molecule is Brc1cnc2ccc(OCc3ccco3)nn12. The van der Waals surface area contributed by atoms with Crippen molar-refractivity contribution in [3.63, 3.8) is 0 Å². The smallest absolute Gasteiger partial charge is 0.232 e. The first-order chi connectivity index (χ1) is 8.33. The Morgan fingerprint density at radius 2 is 2.29 bits per heavy atom. The van der Waals surface area contributed by atoms with Crippen LogP contribution in [0.3, 0.4) is 0 Å². The van der Waals surface area contributed by atoms with E-state index in [1.807, 2.05) is 18.2 Å². The Morgan fingerprint density at radius 3 is 3.12 bits per heavy atom. The molecule has 0 aromatic carbocycles. The summed E-state index contributed by atoms with van der Waals surface area (Å²) in [6.45, 7) is 0.359. The lowest BCUT2D eigenvalue weighted by Gasteiger charge is -2.03. The molecule has 0 atom stereocenters. The van der Waals surface area contributed by atoms with Crippen molar-refractivity contribution in [2.24, 2.45) is 0 Å². The molecule has 3 rings (SSSR count). The molecule has 0 fully saturated rings. The van der Waals surface area contributed by atoms with E-state index in [0.29, 0.717) is 12.5 Å². The topological polar surface area (TPSA) is 52.6 Å². The molecule has 5 nitrogen and oxygen atoms in total. The Kier molecular flexibility index (Phi) is 2.56. The molecule has 0 spiro atoms. The van der Waals surface area contributed by atoms with Crippen LogP contribution in [-0.2, 0) is 6.61 Å². The van der Waals surface area contributed by atoms with E-state index in [4.69, 9.17) is 9.15 Å². The highest BCUT2D eigenvalue weighted by Crippen LogP contribution is 2.15. The second-order valence-corrected chi connectivity index (χ2v) is 4.20. The standard InChI is InChI=1S/C11H8BrN3O2/c12-9-6-13-10-3-4-11(14-15(9)10)17-7-8-2-1-5-16-8/h1-6H,7H2. The molecule has 0 unspecified atom stereocenters. The Bertz CT molecular complexity index is 633. The van der Waals surface area contributed by atoms with Crippen LogP contribution in [0.25, 0.3) is 5.65 Å². The molecule has 0 aliphatic heterocycles. The minimum atomic E-state index is 0.359. The number of aromatic nitrogens is 3. The summed E-state index contributed by atoms with van der Waals surface area (Å²) in [4.78, 5) is 4.15. The zero-order chi connectivity index (χ0) is 11.7. The Labute approximate surface area is 105 Å². The van der Waals surface area contributed by atoms with Gasteiger partial charge in [0.1, 0.15) is 17.0 Å². The monoisotopic (exact) mass is 293 g/mol. The summed E-state index contributed by atoms with van der Waals surface area (Å²) in [7, 11) is 0. The van der Waals surface area contributed by atoms with Gasteiger partial charge in [0.05, 0.1) is 12.5 Å². The van der Waals surface area contributed by atoms with Crippen molar-refractivity contribution in [1.29, 1.82) is 0 Å². The zero-order valence-electron chi connectivity index (χ0n) is 8.71. The zero-order valence-corrected chi connectivity index (χ0v) is 10.3. The first-order valence-corrected chi connectivity index (χ1v) is 5.78. The highest BCUT2D eigenvalue weighted by Gasteiger charge is 2.04. The van der Waals surface area contributed by atoms with Gasteiger partial charge >= 0.3 is 0 Å². The predicted octanol–water partition coefficient (Wildman–Crippen LogP) is 2.66. The van der Waals surface area contributed by atoms with Gasteiger partial charge in [0.15, 0.2) is 5.65 Å². The number of nitrogens with zero attached hydrogens (tertiary/aromatic N) is 3. The molecule has 0 N–H and O–H groups in total. The molecular formula is C11H8BrN3O2. The van der Waals surface area contributed by atoms with Gasteiger partial charge in [-0.1, -0.05) is 0 Å². The fourth-order valence-electron chi connectivity index (χ4n) is 1.45. The van der Waals surface area contributed by atoms with E-state index in [0.717, 1.165) is 16.0 Å². The van der Waals surface area contributed by atoms with E-state index in [9.17, 15) is 0 Å². The van der Waals surface area contributed by atoms with Crippen LogP contribution < -0.4 is 4.74 Å². The van der Waals surface area contributed by atoms with Crippen LogP contribution in [0.2, 0.25) is 0 Å². The Morgan fingerprint density at radius 1 is 1.35 bits per heavy atom. The molecule has 0 radical (unpaired) electrons. The van der Waals surface area contributed by atoms with Crippen LogP contribution >= 0.6 is 15.9 Å². The van der Waals surface area contributed by atoms with Gasteiger partial charge in [0.2, 0.25) is 5.88 Å². The summed E-state index contributed by atoms with van der Waals surface area (Å²) in [5.74, 6) is 1.28. The highest BCUT2D eigenvalue weighted by atomic mass is 79.9. The first kappa shape index (κ1) is 10.3. The van der Waals surface area contributed by atoms with Crippen molar-refractivity contribution in [3.05, 3.63) is 47.1 Å². The average molecular weight is 294 g/mol. The minimum absolute atomic E-state index is 0.359. The Hall–Kier alpha value is -1.82. The second-order valence-electron chi connectivity index (χ2n) is 3.39. The summed E-state index contributed by atoms with van der Waals surface area (Å²) in [6.07, 6.45) is 3.31. The first-order valence-electron chi connectivity index (χ1n) is 4.98. The van der Waals surface area contributed by atoms with E-state index >= 15 is 0 Å². The van der Waals surface area contributed by atoms with Gasteiger partial charge in [-0.25, -0.2) is 9.50 Å². The fraction of sp³-hybridized carbons (Fsp3) is 0.0909. The molecule has 3 aromatic heterocycles. The maximum atomic E-state index is 5.51. The van der Waals surface area contributed by atoms with Crippen LogP contribution in [-0.4, -0.2) is 14.6 Å². The highest BCUT2D eigenvalue weighted by molar-refractivity contribution is 9.10. The number of ether oxygens (including phenoxy) is 1. The van der Waals surface area contributed by atoms with Gasteiger partial charge in [0.25, 0.3) is 0 Å². The molecule has 3 heterocycles. The molecule has 0 saturated heterocycles. The van der Waals surface area contributed by atoms with Crippen molar-refractivity contribution in [2.75, 3.05) is 0 Å². The number of imidazole rings is 1. The van der Waals surface area contributed by atoms with E-state index in [1.54, 1.807) is 23.0 Å². The number of fused-ring (bicyclic) bond motifs is 1. The molecule has 3 aromatic rings. The van der Waals surface area contributed by atoms with Crippen molar-refractivity contribution >= 4 is 21.6 Å². The lowest BCUT2D eigenvalue weighted by molar-refractivity contribution is 0.257. The van der Waals surface area contributed by atoms with Crippen molar-refractivity contribution in [2.45, 2.75) is 6.61 Å². The summed E-state index contributed by atoms with van der Waals surface area (Å²) in [5, 5.41) is 4.28. The molecule has 17 heavy (non-hydrogen) atoms. The van der Waals surface area contributed by atoms with E-state index < -0.39 is 0 Å². The second kappa shape index (κ2) is 4.21. The van der Waals surface area contributed by atoms with E-state index in [2.05, 4.69) is 26.0 Å². The van der Waals surface area contributed by atoms with Gasteiger partial charge in [-0.2, -0.15) is 0 Å². The normalized spacial score (nSPS) is 10.9. The third kappa shape index (κ3) is 2.03. The molecule has 86 valence electrons. The number of hydrogen-bond donors (Lipinski definition) is 0. The van der Waals surface area contributed by atoms with Gasteiger partial charge in [-0.15, -0.1) is 5.10 Å². The summed E-state index contributed by atoms with van der Waals surface area (Å²) < 4.78 is 13.1. The maximum absolute atomic E-state index is 5.51. The summed E-state index contributed by atoms with van der Waals surface area (Å²) >= 11 is 3.35. The quantitative estimate of drug-likeness (QED) is 0.745. The largest absolute Gasteiger partial charge is 0.468 e. The average Bonchev–Trinajstić information content (AvgIpc) is 2.97. The number of halogens is 1. The molecule has 0 bridgehead atoms. The molecule has 0 saturated carbocycles. The number of hydrogen-bond acceptors (Lipinski definition) is 4. The summed E-state index contributed by atoms with van der Waals surface area (Å²) in [6, 6.07) is 7.29. The molecule has 0 aliphatic rings. The minimum Gasteiger partial charge on any atom is -0.468 e. The van der Waals surface area contributed by atoms with Crippen molar-refractivity contribution in [1.82, 2.24) is 14.6 Å². The van der Waals surface area contributed by atoms with Gasteiger partial charge in [-0.05, 0) is 34.1 Å². The molecule has 0 aliphatic carbocycles. The third-order valence-electron chi connectivity index (χ3n) is 2.24. The number of furan rings is 1. The van der Waals surface area contributed by atoms with Crippen LogP contribution in [0.1, 0.15) is 5.76 Å². The van der Waals surface area contributed by atoms with Gasteiger partial charge in [-0.3, -0.25) is 0 Å². The van der Waals surface area contributed by atoms with E-state index in [1.165, 1.54) is 0 Å². The lowest BCUT2D eigenvalue weighted by Crippen LogP contribution is -1.99. The number of rotatable bonds is 3. The summed E-state index contributed by atoms with van der Waals surface area (Å²) in [5.41, 5.74) is 0.766. The molecule has 0 amide bonds. The van der Waals surface area contributed by atoms with E-state index in [-0.39, 0.29) is 0 Å². The van der Waals surface area contributed by atoms with Gasteiger partial charge < -0.3 is 9.15 Å². The molecule has 6 heteroatoms. The fourth-order valence-corrected chi connectivity index (χ4v) is 1.81. The third-order valence-corrected chi connectivity index (χ3v) is 2.78. The predicted molar refractivity (Wildman–Crippen MR) is 63.7 cm³/mol.